The average Bonchev–Trinajstić information content (AvgIpc) is 2.10. The summed E-state index contributed by atoms with van der Waals surface area (Å²) in [4.78, 5) is 0. The van der Waals surface area contributed by atoms with Crippen molar-refractivity contribution in [3.8, 4) is 0 Å². The molecular formula is C8H18NS2Zn. The van der Waals surface area contributed by atoms with Gasteiger partial charge in [-0.25, -0.2) is 0 Å². The van der Waals surface area contributed by atoms with Crippen LogP contribution in [0.25, 0.3) is 0 Å². The third-order valence-electron chi connectivity index (χ3n) is 1.68. The van der Waals surface area contributed by atoms with Crippen LogP contribution in [0.2, 0.25) is 0 Å². The van der Waals surface area contributed by atoms with Crippen LogP contribution >= 0.6 is 19.8 Å². The van der Waals surface area contributed by atoms with Crippen molar-refractivity contribution in [3.63, 3.8) is 0 Å². The van der Waals surface area contributed by atoms with Gasteiger partial charge in [-0.15, -0.1) is 0 Å². The Balaban J connectivity index is 3.40. The molecule has 0 aliphatic carbocycles. The molecule has 0 radical (unpaired) electrons. The standard InChI is InChI=1S/C8H19NS2.Zn/c1-3-5-7-9(11-10)8-6-4-2;/h10H,3-8H2,1-2H3;/q;+1/p-1. The fourth-order valence-corrected chi connectivity index (χ4v) is 5.20. The molecule has 0 saturated heterocycles. The number of unbranched alkanes of at least 4 members (excludes halogenated alkanes) is 2. The van der Waals surface area contributed by atoms with E-state index in [2.05, 4.69) is 18.2 Å². The van der Waals surface area contributed by atoms with Crippen LogP contribution in [0.5, 0.6) is 0 Å². The molecule has 0 aromatic carbocycles. The third-order valence-corrected chi connectivity index (χ3v) is 5.30. The minimum absolute atomic E-state index is 1.27. The van der Waals surface area contributed by atoms with Gasteiger partial charge in [0, 0.05) is 0 Å². The molecule has 4 heteroatoms. The van der Waals surface area contributed by atoms with Crippen LogP contribution in [0, 0.1) is 0 Å². The van der Waals surface area contributed by atoms with Gasteiger partial charge in [-0.1, -0.05) is 0 Å². The monoisotopic (exact) mass is 256 g/mol. The molecule has 0 aromatic rings. The van der Waals surface area contributed by atoms with Crippen molar-refractivity contribution in [2.75, 3.05) is 13.1 Å². The molecule has 69 valence electrons. The van der Waals surface area contributed by atoms with Crippen LogP contribution in [0.4, 0.5) is 0 Å². The second kappa shape index (κ2) is 10.4. The molecule has 12 heavy (non-hydrogen) atoms. The molecule has 0 saturated carbocycles. The number of hydrogen-bond acceptors (Lipinski definition) is 3. The van der Waals surface area contributed by atoms with Gasteiger partial charge in [0.25, 0.3) is 0 Å². The summed E-state index contributed by atoms with van der Waals surface area (Å²) in [5.74, 6) is 0. The maximum absolute atomic E-state index is 2.52. The van der Waals surface area contributed by atoms with E-state index < -0.39 is 0 Å². The number of rotatable bonds is 8. The Hall–Kier alpha value is 1.28. The first-order valence-corrected chi connectivity index (χ1v) is 10.6. The molecule has 0 rings (SSSR count). The molecule has 0 amide bonds. The van der Waals surface area contributed by atoms with Crippen molar-refractivity contribution in [1.82, 2.24) is 4.31 Å². The van der Waals surface area contributed by atoms with Gasteiger partial charge in [0.1, 0.15) is 0 Å². The van der Waals surface area contributed by atoms with Crippen LogP contribution in [0.1, 0.15) is 39.5 Å². The quantitative estimate of drug-likeness (QED) is 0.371. The van der Waals surface area contributed by atoms with E-state index >= 15 is 0 Å². The molecule has 0 heterocycles. The van der Waals surface area contributed by atoms with E-state index in [9.17, 15) is 0 Å². The first kappa shape index (κ1) is 13.3. The van der Waals surface area contributed by atoms with E-state index in [0.29, 0.717) is 0 Å². The van der Waals surface area contributed by atoms with Crippen molar-refractivity contribution in [1.29, 1.82) is 0 Å². The van der Waals surface area contributed by atoms with Gasteiger partial charge in [-0.05, 0) is 0 Å². The predicted molar refractivity (Wildman–Crippen MR) is 56.6 cm³/mol. The Morgan fingerprint density at radius 3 is 1.92 bits per heavy atom. The second-order valence-electron chi connectivity index (χ2n) is 2.83. The summed E-state index contributed by atoms with van der Waals surface area (Å²) in [6.07, 6.45) is 5.32. The Morgan fingerprint density at radius 2 is 1.58 bits per heavy atom. The third kappa shape index (κ3) is 7.91. The second-order valence-corrected chi connectivity index (χ2v) is 9.33. The maximum atomic E-state index is 2.52. The summed E-state index contributed by atoms with van der Waals surface area (Å²) in [5, 5.41) is 0. The molecule has 0 spiro atoms. The van der Waals surface area contributed by atoms with Crippen molar-refractivity contribution in [3.05, 3.63) is 0 Å². The average molecular weight is 258 g/mol. The Morgan fingerprint density at radius 1 is 1.08 bits per heavy atom. The molecule has 0 aromatic heterocycles. The van der Waals surface area contributed by atoms with Gasteiger partial charge in [0.15, 0.2) is 0 Å². The fourth-order valence-electron chi connectivity index (χ4n) is 0.930. The predicted octanol–water partition coefficient (Wildman–Crippen LogP) is 3.65. The molecule has 0 bridgehead atoms. The SMILES string of the molecule is CCCCN(CCCC)S[S][Zn]. The van der Waals surface area contributed by atoms with Gasteiger partial charge in [-0.3, -0.25) is 0 Å². The molecule has 0 aliphatic heterocycles. The molecule has 0 N–H and O–H groups in total. The minimum atomic E-state index is 1.27. The van der Waals surface area contributed by atoms with E-state index in [-0.39, 0.29) is 0 Å². The van der Waals surface area contributed by atoms with Crippen molar-refractivity contribution in [2.45, 2.75) is 39.5 Å². The molecular weight excluding hydrogens is 240 g/mol. The van der Waals surface area contributed by atoms with Crippen molar-refractivity contribution < 1.29 is 17.1 Å². The van der Waals surface area contributed by atoms with Crippen LogP contribution in [0.3, 0.4) is 0 Å². The van der Waals surface area contributed by atoms with Gasteiger partial charge in [-0.2, -0.15) is 0 Å². The zero-order valence-electron chi connectivity index (χ0n) is 8.21. The van der Waals surface area contributed by atoms with Crippen LogP contribution in [0.15, 0.2) is 0 Å². The molecule has 0 atom stereocenters. The van der Waals surface area contributed by atoms with Crippen molar-refractivity contribution >= 4 is 19.8 Å². The van der Waals surface area contributed by atoms with Crippen molar-refractivity contribution in [2.24, 2.45) is 0 Å². The van der Waals surface area contributed by atoms with Crippen LogP contribution in [-0.4, -0.2) is 17.4 Å². The van der Waals surface area contributed by atoms with Gasteiger partial charge in [0.05, 0.1) is 0 Å². The van der Waals surface area contributed by atoms with Gasteiger partial charge < -0.3 is 0 Å². The normalized spacial score (nSPS) is 11.1. The van der Waals surface area contributed by atoms with E-state index in [0.717, 1.165) is 0 Å². The summed E-state index contributed by atoms with van der Waals surface area (Å²) in [7, 11) is 3.94. The zero-order valence-corrected chi connectivity index (χ0v) is 12.8. The van der Waals surface area contributed by atoms with Gasteiger partial charge >= 0.3 is 93.8 Å². The number of hydrogen-bond donors (Lipinski definition) is 0. The van der Waals surface area contributed by atoms with E-state index in [1.54, 1.807) is 0 Å². The van der Waals surface area contributed by atoms with E-state index in [4.69, 9.17) is 0 Å². The van der Waals surface area contributed by atoms with E-state index in [1.165, 1.54) is 55.9 Å². The summed E-state index contributed by atoms with van der Waals surface area (Å²) in [6, 6.07) is 0. The summed E-state index contributed by atoms with van der Waals surface area (Å²) in [5.41, 5.74) is 0. The first-order chi connectivity index (χ1) is 5.85. The van der Waals surface area contributed by atoms with E-state index in [1.807, 2.05) is 19.8 Å². The fraction of sp³-hybridized carbons (Fsp3) is 1.00. The first-order valence-electron chi connectivity index (χ1n) is 4.68. The van der Waals surface area contributed by atoms with Crippen LogP contribution in [-0.2, 0) is 17.1 Å². The molecule has 0 fully saturated rings. The summed E-state index contributed by atoms with van der Waals surface area (Å²) >= 11 is 1.33. The molecule has 1 nitrogen and oxygen atoms in total. The Bertz CT molecular complexity index is 85.1. The van der Waals surface area contributed by atoms with Crippen LogP contribution < -0.4 is 0 Å². The Kier molecular flexibility index (Phi) is 11.5. The zero-order chi connectivity index (χ0) is 9.23. The molecule has 0 aliphatic rings. The van der Waals surface area contributed by atoms with Gasteiger partial charge in [0.2, 0.25) is 0 Å². The number of nitrogens with zero attached hydrogens (tertiary/aromatic N) is 1. The Labute approximate surface area is 93.5 Å². The summed E-state index contributed by atoms with van der Waals surface area (Å²) < 4.78 is 2.52. The summed E-state index contributed by atoms with van der Waals surface area (Å²) in [6.45, 7) is 7.06. The topological polar surface area (TPSA) is 3.24 Å². The molecule has 0 unspecified atom stereocenters.